The van der Waals surface area contributed by atoms with Gasteiger partial charge >= 0.3 is 0 Å². The van der Waals surface area contributed by atoms with Crippen molar-refractivity contribution in [3.63, 3.8) is 0 Å². The lowest BCUT2D eigenvalue weighted by Crippen LogP contribution is -2.22. The van der Waals surface area contributed by atoms with Crippen LogP contribution in [0.5, 0.6) is 0 Å². The molecule has 0 radical (unpaired) electrons. The number of hydrogen-bond donors (Lipinski definition) is 1. The maximum absolute atomic E-state index is 11.4. The van der Waals surface area contributed by atoms with E-state index in [0.717, 1.165) is 0 Å². The first-order valence-electron chi connectivity index (χ1n) is 5.53. The first-order valence-corrected chi connectivity index (χ1v) is 5.53. The van der Waals surface area contributed by atoms with Gasteiger partial charge in [0.15, 0.2) is 0 Å². The van der Waals surface area contributed by atoms with E-state index in [9.17, 15) is 4.79 Å². The van der Waals surface area contributed by atoms with E-state index in [2.05, 4.69) is 31.3 Å². The number of carbonyl (C=O) groups excluding carboxylic acids is 1. The van der Waals surface area contributed by atoms with Gasteiger partial charge in [-0.25, -0.2) is 0 Å². The molecule has 2 unspecified atom stereocenters. The summed E-state index contributed by atoms with van der Waals surface area (Å²) in [6.07, 6.45) is 0.664. The van der Waals surface area contributed by atoms with E-state index >= 15 is 0 Å². The largest absolute Gasteiger partial charge is 0.349 e. The van der Waals surface area contributed by atoms with Gasteiger partial charge in [-0.2, -0.15) is 0 Å². The fourth-order valence-electron chi connectivity index (χ4n) is 2.28. The molecule has 2 heteroatoms. The lowest BCUT2D eigenvalue weighted by Gasteiger charge is -2.22. The van der Waals surface area contributed by atoms with Crippen molar-refractivity contribution < 1.29 is 4.79 Å². The Balaban J connectivity index is 2.24. The van der Waals surface area contributed by atoms with Crippen LogP contribution in [0.15, 0.2) is 30.3 Å². The highest BCUT2D eigenvalue weighted by molar-refractivity contribution is 5.79. The summed E-state index contributed by atoms with van der Waals surface area (Å²) in [7, 11) is 0. The fourth-order valence-corrected chi connectivity index (χ4v) is 2.28. The molecule has 1 heterocycles. The molecule has 2 rings (SSSR count). The van der Waals surface area contributed by atoms with Crippen LogP contribution in [0.3, 0.4) is 0 Å². The van der Waals surface area contributed by atoms with Crippen molar-refractivity contribution in [1.82, 2.24) is 5.32 Å². The van der Waals surface area contributed by atoms with E-state index in [4.69, 9.17) is 0 Å². The molecule has 2 atom stereocenters. The molecular formula is C13H17NO. The Labute approximate surface area is 90.7 Å². The summed E-state index contributed by atoms with van der Waals surface area (Å²) in [5.74, 6) is 1.15. The molecule has 1 fully saturated rings. The third-order valence-electron chi connectivity index (χ3n) is 3.18. The maximum atomic E-state index is 11.4. The number of carbonyl (C=O) groups is 1. The second kappa shape index (κ2) is 4.05. The number of rotatable bonds is 2. The van der Waals surface area contributed by atoms with E-state index in [-0.39, 0.29) is 11.9 Å². The van der Waals surface area contributed by atoms with Crippen molar-refractivity contribution in [3.05, 3.63) is 35.9 Å². The minimum Gasteiger partial charge on any atom is -0.349 e. The minimum atomic E-state index is 0.183. The molecule has 1 aliphatic heterocycles. The van der Waals surface area contributed by atoms with E-state index in [0.29, 0.717) is 18.3 Å². The Hall–Kier alpha value is -1.31. The molecule has 1 amide bonds. The molecule has 0 saturated carbocycles. The lowest BCUT2D eigenvalue weighted by molar-refractivity contribution is -0.119. The van der Waals surface area contributed by atoms with Gasteiger partial charge in [0.1, 0.15) is 0 Å². The average molecular weight is 203 g/mol. The van der Waals surface area contributed by atoms with Crippen molar-refractivity contribution in [1.29, 1.82) is 0 Å². The SMILES string of the molecule is CC(C)C1CC(=O)NC1c1ccccc1. The summed E-state index contributed by atoms with van der Waals surface area (Å²) < 4.78 is 0. The van der Waals surface area contributed by atoms with Crippen LogP contribution in [-0.2, 0) is 4.79 Å². The Morgan fingerprint density at radius 3 is 2.53 bits per heavy atom. The van der Waals surface area contributed by atoms with Crippen molar-refractivity contribution in [3.8, 4) is 0 Å². The lowest BCUT2D eigenvalue weighted by atomic mass is 9.85. The molecule has 2 nitrogen and oxygen atoms in total. The molecule has 15 heavy (non-hydrogen) atoms. The average Bonchev–Trinajstić information content (AvgIpc) is 2.62. The van der Waals surface area contributed by atoms with Crippen LogP contribution >= 0.6 is 0 Å². The Morgan fingerprint density at radius 1 is 1.27 bits per heavy atom. The molecule has 1 N–H and O–H groups in total. The third kappa shape index (κ3) is 2.04. The summed E-state index contributed by atoms with van der Waals surface area (Å²) in [6.45, 7) is 4.36. The van der Waals surface area contributed by atoms with E-state index in [1.54, 1.807) is 0 Å². The van der Waals surface area contributed by atoms with Crippen LogP contribution in [0.25, 0.3) is 0 Å². The van der Waals surface area contributed by atoms with Crippen LogP contribution in [-0.4, -0.2) is 5.91 Å². The van der Waals surface area contributed by atoms with Crippen molar-refractivity contribution in [2.75, 3.05) is 0 Å². The molecule has 0 aromatic heterocycles. The maximum Gasteiger partial charge on any atom is 0.220 e. The molecular weight excluding hydrogens is 186 g/mol. The van der Waals surface area contributed by atoms with Gasteiger partial charge in [0.25, 0.3) is 0 Å². The molecule has 1 aromatic rings. The third-order valence-corrected chi connectivity index (χ3v) is 3.18. The van der Waals surface area contributed by atoms with Gasteiger partial charge in [0.2, 0.25) is 5.91 Å². The standard InChI is InChI=1S/C13H17NO/c1-9(2)11-8-12(15)14-13(11)10-6-4-3-5-7-10/h3-7,9,11,13H,8H2,1-2H3,(H,14,15). The number of nitrogens with one attached hydrogen (secondary N) is 1. The number of benzene rings is 1. The molecule has 1 aliphatic rings. The predicted octanol–water partition coefficient (Wildman–Crippen LogP) is 2.52. The predicted molar refractivity (Wildman–Crippen MR) is 60.3 cm³/mol. The zero-order chi connectivity index (χ0) is 10.8. The van der Waals surface area contributed by atoms with Crippen LogP contribution in [0, 0.1) is 11.8 Å². The highest BCUT2D eigenvalue weighted by Crippen LogP contribution is 2.35. The monoisotopic (exact) mass is 203 g/mol. The van der Waals surface area contributed by atoms with Gasteiger partial charge in [-0.1, -0.05) is 44.2 Å². The Bertz CT molecular complexity index is 345. The highest BCUT2D eigenvalue weighted by atomic mass is 16.2. The second-order valence-corrected chi connectivity index (χ2v) is 4.57. The summed E-state index contributed by atoms with van der Waals surface area (Å²) in [5.41, 5.74) is 1.22. The molecule has 80 valence electrons. The van der Waals surface area contributed by atoms with E-state index < -0.39 is 0 Å². The topological polar surface area (TPSA) is 29.1 Å². The summed E-state index contributed by atoms with van der Waals surface area (Å²) in [6, 6.07) is 10.4. The molecule has 0 aliphatic carbocycles. The summed E-state index contributed by atoms with van der Waals surface area (Å²) >= 11 is 0. The smallest absolute Gasteiger partial charge is 0.220 e. The van der Waals surface area contributed by atoms with Crippen LogP contribution in [0.4, 0.5) is 0 Å². The van der Waals surface area contributed by atoms with Gasteiger partial charge in [-0.15, -0.1) is 0 Å². The Kier molecular flexibility index (Phi) is 2.76. The second-order valence-electron chi connectivity index (χ2n) is 4.57. The van der Waals surface area contributed by atoms with Crippen molar-refractivity contribution in [2.24, 2.45) is 11.8 Å². The normalized spacial score (nSPS) is 25.7. The summed E-state index contributed by atoms with van der Waals surface area (Å²) in [5, 5.41) is 3.06. The van der Waals surface area contributed by atoms with Gasteiger partial charge < -0.3 is 5.32 Å². The van der Waals surface area contributed by atoms with Gasteiger partial charge in [-0.3, -0.25) is 4.79 Å². The number of hydrogen-bond acceptors (Lipinski definition) is 1. The van der Waals surface area contributed by atoms with Gasteiger partial charge in [0.05, 0.1) is 6.04 Å². The van der Waals surface area contributed by atoms with Gasteiger partial charge in [-0.05, 0) is 17.4 Å². The molecule has 1 aromatic carbocycles. The van der Waals surface area contributed by atoms with Crippen LogP contribution in [0.2, 0.25) is 0 Å². The first-order chi connectivity index (χ1) is 7.18. The fraction of sp³-hybridized carbons (Fsp3) is 0.462. The molecule has 0 bridgehead atoms. The molecule has 0 spiro atoms. The van der Waals surface area contributed by atoms with Crippen LogP contribution in [0.1, 0.15) is 31.9 Å². The number of amides is 1. The zero-order valence-corrected chi connectivity index (χ0v) is 9.23. The van der Waals surface area contributed by atoms with Crippen molar-refractivity contribution in [2.45, 2.75) is 26.3 Å². The van der Waals surface area contributed by atoms with Crippen molar-refractivity contribution >= 4 is 5.91 Å². The quantitative estimate of drug-likeness (QED) is 0.786. The Morgan fingerprint density at radius 2 is 1.93 bits per heavy atom. The van der Waals surface area contributed by atoms with Crippen LogP contribution < -0.4 is 5.32 Å². The first kappa shape index (κ1) is 10.2. The van der Waals surface area contributed by atoms with E-state index in [1.165, 1.54) is 5.56 Å². The molecule has 1 saturated heterocycles. The summed E-state index contributed by atoms with van der Waals surface area (Å²) in [4.78, 5) is 11.4. The highest BCUT2D eigenvalue weighted by Gasteiger charge is 2.34. The minimum absolute atomic E-state index is 0.183. The zero-order valence-electron chi connectivity index (χ0n) is 9.23. The van der Waals surface area contributed by atoms with Gasteiger partial charge in [0, 0.05) is 6.42 Å². The van der Waals surface area contributed by atoms with E-state index in [1.807, 2.05) is 18.2 Å².